The van der Waals surface area contributed by atoms with E-state index in [-0.39, 0.29) is 24.3 Å². The maximum absolute atomic E-state index is 12.2. The van der Waals surface area contributed by atoms with Gasteiger partial charge in [0.15, 0.2) is 0 Å². The second-order valence-electron chi connectivity index (χ2n) is 6.72. The summed E-state index contributed by atoms with van der Waals surface area (Å²) in [6.45, 7) is 2.62. The number of amides is 2. The molecule has 0 aliphatic carbocycles. The summed E-state index contributed by atoms with van der Waals surface area (Å²) in [5.74, 6) is 0.957. The normalized spacial score (nSPS) is 21.7. The van der Waals surface area contributed by atoms with Gasteiger partial charge in [-0.05, 0) is 31.7 Å². The Balaban J connectivity index is 1.50. The van der Waals surface area contributed by atoms with Crippen molar-refractivity contribution in [2.45, 2.75) is 51.0 Å². The maximum atomic E-state index is 12.2. The fraction of sp³-hybridized carbons (Fsp3) is 0.667. The highest BCUT2D eigenvalue weighted by Gasteiger charge is 2.20. The first-order chi connectivity index (χ1) is 12.2. The first kappa shape index (κ1) is 17.8. The molecule has 1 aromatic rings. The monoisotopic (exact) mass is 346 g/mol. The molecule has 1 unspecified atom stereocenters. The van der Waals surface area contributed by atoms with E-state index in [1.165, 1.54) is 0 Å². The van der Waals surface area contributed by atoms with Gasteiger partial charge < -0.3 is 15.0 Å². The van der Waals surface area contributed by atoms with Crippen LogP contribution in [0.5, 0.6) is 0 Å². The van der Waals surface area contributed by atoms with E-state index < -0.39 is 0 Å². The van der Waals surface area contributed by atoms with E-state index in [1.807, 2.05) is 6.07 Å². The molecule has 2 amide bonds. The molecule has 0 spiro atoms. The minimum absolute atomic E-state index is 0.0780. The molecule has 2 aliphatic rings. The zero-order chi connectivity index (χ0) is 17.5. The molecule has 2 saturated heterocycles. The molecule has 7 heteroatoms. The lowest BCUT2D eigenvalue weighted by atomic mass is 10.0. The summed E-state index contributed by atoms with van der Waals surface area (Å²) in [5, 5.41) is 2.86. The summed E-state index contributed by atoms with van der Waals surface area (Å²) in [4.78, 5) is 34.7. The van der Waals surface area contributed by atoms with Crippen LogP contribution in [0, 0.1) is 0 Å². The van der Waals surface area contributed by atoms with E-state index in [4.69, 9.17) is 4.74 Å². The third-order valence-electron chi connectivity index (χ3n) is 4.73. The Morgan fingerprint density at radius 3 is 3.08 bits per heavy atom. The quantitative estimate of drug-likeness (QED) is 0.871. The Labute approximate surface area is 148 Å². The first-order valence-corrected chi connectivity index (χ1v) is 9.16. The van der Waals surface area contributed by atoms with Crippen LogP contribution in [0.25, 0.3) is 0 Å². The van der Waals surface area contributed by atoms with Gasteiger partial charge >= 0.3 is 0 Å². The van der Waals surface area contributed by atoms with Gasteiger partial charge in [-0.3, -0.25) is 9.59 Å². The van der Waals surface area contributed by atoms with Gasteiger partial charge in [-0.1, -0.05) is 6.42 Å². The summed E-state index contributed by atoms with van der Waals surface area (Å²) in [6, 6.07) is 1.81. The molecule has 7 nitrogen and oxygen atoms in total. The van der Waals surface area contributed by atoms with Gasteiger partial charge in [0.05, 0.1) is 25.4 Å². The fourth-order valence-corrected chi connectivity index (χ4v) is 3.28. The van der Waals surface area contributed by atoms with Gasteiger partial charge in [0, 0.05) is 31.7 Å². The van der Waals surface area contributed by atoms with Crippen molar-refractivity contribution < 1.29 is 14.3 Å². The number of nitrogens with one attached hydrogen (secondary N) is 1. The van der Waals surface area contributed by atoms with Crippen molar-refractivity contribution in [3.05, 3.63) is 23.8 Å². The van der Waals surface area contributed by atoms with E-state index in [1.54, 1.807) is 11.1 Å². The van der Waals surface area contributed by atoms with Gasteiger partial charge in [0.25, 0.3) is 0 Å². The Morgan fingerprint density at radius 2 is 2.24 bits per heavy atom. The molecule has 1 atom stereocenters. The van der Waals surface area contributed by atoms with Crippen LogP contribution in [0.15, 0.2) is 12.3 Å². The number of rotatable bonds is 5. The summed E-state index contributed by atoms with van der Waals surface area (Å²) in [6.07, 6.45) is 7.29. The van der Waals surface area contributed by atoms with E-state index in [9.17, 15) is 9.59 Å². The van der Waals surface area contributed by atoms with Crippen molar-refractivity contribution in [3.63, 3.8) is 0 Å². The van der Waals surface area contributed by atoms with Gasteiger partial charge in [0.2, 0.25) is 11.8 Å². The van der Waals surface area contributed by atoms with Crippen LogP contribution >= 0.6 is 0 Å². The van der Waals surface area contributed by atoms with E-state index in [2.05, 4.69) is 15.3 Å². The largest absolute Gasteiger partial charge is 0.381 e. The number of carbonyl (C=O) groups excluding carboxylic acids is 2. The van der Waals surface area contributed by atoms with E-state index >= 15 is 0 Å². The van der Waals surface area contributed by atoms with Crippen LogP contribution in [0.1, 0.15) is 56.0 Å². The average Bonchev–Trinajstić information content (AvgIpc) is 2.85. The molecule has 1 aromatic heterocycles. The minimum Gasteiger partial charge on any atom is -0.381 e. The molecule has 0 aromatic carbocycles. The minimum atomic E-state index is -0.142. The smallest absolute Gasteiger partial charge is 0.239 e. The molecule has 0 bridgehead atoms. The fourth-order valence-electron chi connectivity index (χ4n) is 3.28. The average molecular weight is 346 g/mol. The van der Waals surface area contributed by atoms with Crippen molar-refractivity contribution in [2.24, 2.45) is 0 Å². The number of ether oxygens (including phenoxy) is 1. The molecule has 2 aliphatic heterocycles. The predicted octanol–water partition coefficient (Wildman–Crippen LogP) is 1.39. The van der Waals surface area contributed by atoms with Crippen LogP contribution in [0.2, 0.25) is 0 Å². The summed E-state index contributed by atoms with van der Waals surface area (Å²) < 4.78 is 5.49. The highest BCUT2D eigenvalue weighted by atomic mass is 16.5. The Bertz CT molecular complexity index is 602. The van der Waals surface area contributed by atoms with Crippen LogP contribution in [-0.4, -0.2) is 53.0 Å². The number of likely N-dealkylation sites (tertiary alicyclic amines) is 1. The Morgan fingerprint density at radius 1 is 1.32 bits per heavy atom. The molecular formula is C18H26N4O3. The summed E-state index contributed by atoms with van der Waals surface area (Å²) >= 11 is 0. The Hall–Kier alpha value is -2.02. The van der Waals surface area contributed by atoms with Crippen LogP contribution < -0.4 is 5.32 Å². The lowest BCUT2D eigenvalue weighted by Gasteiger charge is -2.21. The second kappa shape index (κ2) is 8.89. The molecule has 2 fully saturated rings. The third kappa shape index (κ3) is 5.22. The van der Waals surface area contributed by atoms with Crippen molar-refractivity contribution in [1.29, 1.82) is 0 Å². The highest BCUT2D eigenvalue weighted by molar-refractivity contribution is 5.84. The lowest BCUT2D eigenvalue weighted by molar-refractivity contribution is -0.135. The molecule has 136 valence electrons. The van der Waals surface area contributed by atoms with Crippen LogP contribution in [0.3, 0.4) is 0 Å². The third-order valence-corrected chi connectivity index (χ3v) is 4.73. The molecule has 25 heavy (non-hydrogen) atoms. The number of nitrogens with zero attached hydrogens (tertiary/aromatic N) is 3. The molecule has 0 saturated carbocycles. The number of carbonyl (C=O) groups is 2. The van der Waals surface area contributed by atoms with Crippen molar-refractivity contribution in [1.82, 2.24) is 20.2 Å². The molecular weight excluding hydrogens is 320 g/mol. The summed E-state index contributed by atoms with van der Waals surface area (Å²) in [5.41, 5.74) is 0.783. The van der Waals surface area contributed by atoms with Crippen LogP contribution in [0.4, 0.5) is 0 Å². The second-order valence-corrected chi connectivity index (χ2v) is 6.72. The van der Waals surface area contributed by atoms with Gasteiger partial charge in [0.1, 0.15) is 5.82 Å². The van der Waals surface area contributed by atoms with Crippen LogP contribution in [-0.2, 0) is 20.9 Å². The highest BCUT2D eigenvalue weighted by Crippen LogP contribution is 2.22. The molecule has 1 N–H and O–H groups in total. The summed E-state index contributed by atoms with van der Waals surface area (Å²) in [7, 11) is 0. The van der Waals surface area contributed by atoms with Gasteiger partial charge in [-0.15, -0.1) is 0 Å². The van der Waals surface area contributed by atoms with Crippen molar-refractivity contribution in [2.75, 3.05) is 26.3 Å². The number of hydrogen-bond acceptors (Lipinski definition) is 5. The van der Waals surface area contributed by atoms with Gasteiger partial charge in [-0.25, -0.2) is 9.97 Å². The van der Waals surface area contributed by atoms with Crippen molar-refractivity contribution >= 4 is 11.8 Å². The van der Waals surface area contributed by atoms with Crippen molar-refractivity contribution in [3.8, 4) is 0 Å². The zero-order valence-electron chi connectivity index (χ0n) is 14.6. The maximum Gasteiger partial charge on any atom is 0.239 e. The van der Waals surface area contributed by atoms with Gasteiger partial charge in [-0.2, -0.15) is 0 Å². The number of aromatic nitrogens is 2. The molecule has 3 heterocycles. The number of hydrogen-bond donors (Lipinski definition) is 1. The SMILES string of the molecule is O=C(CN1CCCCCC1=O)NCc1ccnc(C2CCCOC2)n1. The first-order valence-electron chi connectivity index (χ1n) is 9.16. The lowest BCUT2D eigenvalue weighted by Crippen LogP contribution is -2.40. The Kier molecular flexibility index (Phi) is 6.33. The predicted molar refractivity (Wildman–Crippen MR) is 91.7 cm³/mol. The van der Waals surface area contributed by atoms with E-state index in [0.29, 0.717) is 26.1 Å². The van der Waals surface area contributed by atoms with E-state index in [0.717, 1.165) is 50.2 Å². The topological polar surface area (TPSA) is 84.4 Å². The standard InChI is InChI=1S/C18H26N4O3/c23-16(12-22-9-3-1-2-6-17(22)24)20-11-15-7-8-19-18(21-15)14-5-4-10-25-13-14/h7-8,14H,1-6,9-13H2,(H,20,23). The molecule has 0 radical (unpaired) electrons. The molecule has 3 rings (SSSR count). The zero-order valence-corrected chi connectivity index (χ0v) is 14.6.